The van der Waals surface area contributed by atoms with E-state index in [4.69, 9.17) is 9.47 Å². The molecule has 1 aliphatic heterocycles. The molecule has 0 unspecified atom stereocenters. The zero-order valence-electron chi connectivity index (χ0n) is 12.7. The van der Waals surface area contributed by atoms with Crippen LogP contribution in [0, 0.1) is 0 Å². The third-order valence-electron chi connectivity index (χ3n) is 3.78. The molecule has 0 aliphatic carbocycles. The van der Waals surface area contributed by atoms with Crippen molar-refractivity contribution in [2.24, 2.45) is 0 Å². The minimum atomic E-state index is -0.139. The van der Waals surface area contributed by atoms with Gasteiger partial charge in [0.05, 0.1) is 0 Å². The predicted molar refractivity (Wildman–Crippen MR) is 87.8 cm³/mol. The minimum absolute atomic E-state index is 0.139. The SMILES string of the molecule is CC(C)[P@@](C)c1cc2c(cc1[P@](C)C(C)C)OCO2. The second kappa shape index (κ2) is 5.98. The van der Waals surface area contributed by atoms with Gasteiger partial charge in [0.1, 0.15) is 0 Å². The van der Waals surface area contributed by atoms with Crippen molar-refractivity contribution in [2.45, 2.75) is 39.0 Å². The van der Waals surface area contributed by atoms with Gasteiger partial charge in [-0.3, -0.25) is 0 Å². The van der Waals surface area contributed by atoms with E-state index < -0.39 is 0 Å². The number of rotatable bonds is 4. The molecule has 0 bridgehead atoms. The minimum Gasteiger partial charge on any atom is -0.454 e. The number of hydrogen-bond donors (Lipinski definition) is 0. The lowest BCUT2D eigenvalue weighted by Gasteiger charge is -2.26. The van der Waals surface area contributed by atoms with Crippen molar-refractivity contribution in [1.82, 2.24) is 0 Å². The quantitative estimate of drug-likeness (QED) is 0.789. The molecule has 2 nitrogen and oxygen atoms in total. The standard InChI is InChI=1S/C15H24O2P2/c1-10(2)18(5)14-7-12-13(17-9-16-12)8-15(14)19(6)11(3)4/h7-8,10-11H,9H2,1-6H3/t18-,19-/m1/s1. The Morgan fingerprint density at radius 2 is 1.21 bits per heavy atom. The normalized spacial score (nSPS) is 17.1. The van der Waals surface area contributed by atoms with Crippen LogP contribution in [0.5, 0.6) is 11.5 Å². The first-order chi connectivity index (χ1) is 8.91. The van der Waals surface area contributed by atoms with Crippen LogP contribution in [0.1, 0.15) is 27.7 Å². The van der Waals surface area contributed by atoms with E-state index in [9.17, 15) is 0 Å². The van der Waals surface area contributed by atoms with Gasteiger partial charge in [-0.2, -0.15) is 0 Å². The highest BCUT2D eigenvalue weighted by molar-refractivity contribution is 7.71. The molecule has 0 radical (unpaired) electrons. The lowest BCUT2D eigenvalue weighted by Crippen LogP contribution is -2.25. The van der Waals surface area contributed by atoms with Gasteiger partial charge in [-0.25, -0.2) is 0 Å². The molecule has 1 aromatic rings. The highest BCUT2D eigenvalue weighted by Crippen LogP contribution is 2.45. The van der Waals surface area contributed by atoms with Gasteiger partial charge < -0.3 is 9.47 Å². The smallest absolute Gasteiger partial charge is 0.231 e. The van der Waals surface area contributed by atoms with Crippen molar-refractivity contribution >= 4 is 26.5 Å². The maximum absolute atomic E-state index is 5.56. The summed E-state index contributed by atoms with van der Waals surface area (Å²) in [6, 6.07) is 4.48. The second-order valence-electron chi connectivity index (χ2n) is 5.60. The average Bonchev–Trinajstić information content (AvgIpc) is 2.82. The van der Waals surface area contributed by atoms with Crippen LogP contribution in [0.4, 0.5) is 0 Å². The molecule has 2 rings (SSSR count). The third kappa shape index (κ3) is 3.06. The zero-order valence-corrected chi connectivity index (χ0v) is 14.5. The van der Waals surface area contributed by atoms with Crippen LogP contribution >= 0.6 is 15.8 Å². The highest BCUT2D eigenvalue weighted by Gasteiger charge is 2.24. The van der Waals surface area contributed by atoms with Crippen molar-refractivity contribution in [1.29, 1.82) is 0 Å². The van der Waals surface area contributed by atoms with E-state index in [0.29, 0.717) is 18.1 Å². The fourth-order valence-corrected chi connectivity index (χ4v) is 5.59. The molecule has 1 aliphatic rings. The van der Waals surface area contributed by atoms with Gasteiger partial charge in [-0.1, -0.05) is 43.5 Å². The van der Waals surface area contributed by atoms with E-state index in [2.05, 4.69) is 53.2 Å². The van der Waals surface area contributed by atoms with Crippen molar-refractivity contribution in [3.8, 4) is 11.5 Å². The zero-order chi connectivity index (χ0) is 14.2. The number of benzene rings is 1. The van der Waals surface area contributed by atoms with E-state index in [1.807, 2.05) is 0 Å². The van der Waals surface area contributed by atoms with E-state index in [1.54, 1.807) is 0 Å². The maximum atomic E-state index is 5.56. The van der Waals surface area contributed by atoms with Gasteiger partial charge in [0.15, 0.2) is 11.5 Å². The molecule has 2 atom stereocenters. The number of fused-ring (bicyclic) bond motifs is 1. The highest BCUT2D eigenvalue weighted by atomic mass is 31.1. The van der Waals surface area contributed by atoms with Crippen molar-refractivity contribution in [3.05, 3.63) is 12.1 Å². The first-order valence-corrected chi connectivity index (χ1v) is 10.5. The molecule has 0 fully saturated rings. The van der Waals surface area contributed by atoms with Crippen LogP contribution in [0.3, 0.4) is 0 Å². The molecule has 4 heteroatoms. The molecule has 1 heterocycles. The first kappa shape index (κ1) is 15.1. The molecule has 0 amide bonds. The molecule has 0 N–H and O–H groups in total. The Bertz CT molecular complexity index is 417. The Morgan fingerprint density at radius 1 is 0.842 bits per heavy atom. The largest absolute Gasteiger partial charge is 0.454 e. The summed E-state index contributed by atoms with van der Waals surface area (Å²) in [5.74, 6) is 1.86. The van der Waals surface area contributed by atoms with Crippen molar-refractivity contribution in [3.63, 3.8) is 0 Å². The topological polar surface area (TPSA) is 18.5 Å². The van der Waals surface area contributed by atoms with Crippen LogP contribution < -0.4 is 20.1 Å². The van der Waals surface area contributed by atoms with E-state index in [1.165, 1.54) is 10.6 Å². The summed E-state index contributed by atoms with van der Waals surface area (Å²) in [5.41, 5.74) is 1.40. The molecule has 1 aromatic carbocycles. The Hall–Kier alpha value is -0.320. The van der Waals surface area contributed by atoms with Crippen molar-refractivity contribution in [2.75, 3.05) is 20.1 Å². The Labute approximate surface area is 119 Å². The van der Waals surface area contributed by atoms with Crippen molar-refractivity contribution < 1.29 is 9.47 Å². The summed E-state index contributed by atoms with van der Waals surface area (Å²) in [7, 11) is -0.277. The van der Waals surface area contributed by atoms with Crippen LogP contribution in [-0.4, -0.2) is 31.4 Å². The summed E-state index contributed by atoms with van der Waals surface area (Å²) in [5, 5.41) is 3.02. The molecule has 0 spiro atoms. The summed E-state index contributed by atoms with van der Waals surface area (Å²) < 4.78 is 11.1. The van der Waals surface area contributed by atoms with Crippen LogP contribution in [0.2, 0.25) is 0 Å². The summed E-state index contributed by atoms with van der Waals surface area (Å²) >= 11 is 0. The van der Waals surface area contributed by atoms with Crippen LogP contribution in [-0.2, 0) is 0 Å². The van der Waals surface area contributed by atoms with Gasteiger partial charge in [0.25, 0.3) is 0 Å². The molecule has 19 heavy (non-hydrogen) atoms. The molecule has 0 aromatic heterocycles. The van der Waals surface area contributed by atoms with Gasteiger partial charge >= 0.3 is 0 Å². The Morgan fingerprint density at radius 3 is 1.53 bits per heavy atom. The van der Waals surface area contributed by atoms with E-state index in [0.717, 1.165) is 11.5 Å². The summed E-state index contributed by atoms with van der Waals surface area (Å²) in [4.78, 5) is 0. The van der Waals surface area contributed by atoms with Gasteiger partial charge in [-0.05, 0) is 47.4 Å². The van der Waals surface area contributed by atoms with E-state index >= 15 is 0 Å². The Balaban J connectivity index is 2.49. The molecular weight excluding hydrogens is 274 g/mol. The van der Waals surface area contributed by atoms with E-state index in [-0.39, 0.29) is 15.8 Å². The molecule has 0 saturated carbocycles. The fourth-order valence-electron chi connectivity index (χ4n) is 2.04. The summed E-state index contributed by atoms with van der Waals surface area (Å²) in [6.07, 6.45) is 0. The summed E-state index contributed by atoms with van der Waals surface area (Å²) in [6.45, 7) is 14.4. The van der Waals surface area contributed by atoms with Crippen LogP contribution in [0.15, 0.2) is 12.1 Å². The molecule has 0 saturated heterocycles. The maximum Gasteiger partial charge on any atom is 0.231 e. The average molecular weight is 298 g/mol. The van der Waals surface area contributed by atoms with Gasteiger partial charge in [-0.15, -0.1) is 0 Å². The number of ether oxygens (including phenoxy) is 2. The van der Waals surface area contributed by atoms with Gasteiger partial charge in [0, 0.05) is 0 Å². The predicted octanol–water partition coefficient (Wildman–Crippen LogP) is 3.71. The van der Waals surface area contributed by atoms with Crippen LogP contribution in [0.25, 0.3) is 0 Å². The molecule has 106 valence electrons. The van der Waals surface area contributed by atoms with Gasteiger partial charge in [0.2, 0.25) is 6.79 Å². The lowest BCUT2D eigenvalue weighted by atomic mass is 10.3. The fraction of sp³-hybridized carbons (Fsp3) is 0.600. The first-order valence-electron chi connectivity index (χ1n) is 6.81. The Kier molecular flexibility index (Phi) is 4.75. The monoisotopic (exact) mass is 298 g/mol. The number of hydrogen-bond acceptors (Lipinski definition) is 2. The second-order valence-corrected chi connectivity index (χ2v) is 11.1. The third-order valence-corrected chi connectivity index (χ3v) is 9.31. The molecular formula is C15H24O2P2. The lowest BCUT2D eigenvalue weighted by molar-refractivity contribution is 0.174.